The van der Waals surface area contributed by atoms with E-state index >= 15 is 0 Å². The number of fused-ring (bicyclic) bond motifs is 1. The van der Waals surface area contributed by atoms with Crippen molar-refractivity contribution >= 4 is 34.5 Å². The molecule has 11 heteroatoms. The van der Waals surface area contributed by atoms with Crippen LogP contribution in [0.15, 0.2) is 24.4 Å². The van der Waals surface area contributed by atoms with Crippen LogP contribution in [0.5, 0.6) is 5.88 Å². The van der Waals surface area contributed by atoms with Gasteiger partial charge in [-0.2, -0.15) is 5.10 Å². The number of nitrogen functional groups attached to an aromatic ring is 1. The minimum absolute atomic E-state index is 0.0107. The van der Waals surface area contributed by atoms with Crippen molar-refractivity contribution in [3.05, 3.63) is 35.5 Å². The zero-order valence-corrected chi connectivity index (χ0v) is 16.9. The molecule has 0 aliphatic rings. The summed E-state index contributed by atoms with van der Waals surface area (Å²) < 4.78 is 10.5. The molecule has 3 aromatic rings. The number of rotatable bonds is 8. The number of pyridine rings is 2. The molecule has 0 aliphatic heterocycles. The van der Waals surface area contributed by atoms with Crippen LogP contribution in [-0.2, 0) is 4.74 Å². The zero-order valence-electron chi connectivity index (χ0n) is 16.9. The molecule has 0 saturated carbocycles. The van der Waals surface area contributed by atoms with E-state index < -0.39 is 11.9 Å². The summed E-state index contributed by atoms with van der Waals surface area (Å²) in [6.45, 7) is 3.13. The molecule has 11 nitrogen and oxygen atoms in total. The van der Waals surface area contributed by atoms with Gasteiger partial charge in [0.05, 0.1) is 17.6 Å². The normalized spacial score (nSPS) is 10.9. The molecule has 30 heavy (non-hydrogen) atoms. The Morgan fingerprint density at radius 3 is 2.77 bits per heavy atom. The Morgan fingerprint density at radius 1 is 1.30 bits per heavy atom. The average molecular weight is 413 g/mol. The summed E-state index contributed by atoms with van der Waals surface area (Å²) in [5, 5.41) is 9.83. The van der Waals surface area contributed by atoms with E-state index in [9.17, 15) is 9.59 Å². The van der Waals surface area contributed by atoms with Gasteiger partial charge in [0.25, 0.3) is 5.91 Å². The van der Waals surface area contributed by atoms with Crippen LogP contribution in [0.1, 0.15) is 27.6 Å². The predicted octanol–water partition coefficient (Wildman–Crippen LogP) is 1.30. The molecule has 4 N–H and O–H groups in total. The molecule has 0 radical (unpaired) electrons. The summed E-state index contributed by atoms with van der Waals surface area (Å²) in [6.07, 6.45) is 1.41. The topological polar surface area (TPSA) is 148 Å². The minimum atomic E-state index is -0.600. The van der Waals surface area contributed by atoms with Crippen LogP contribution in [-0.4, -0.2) is 70.8 Å². The third-order valence-corrected chi connectivity index (χ3v) is 4.09. The summed E-state index contributed by atoms with van der Waals surface area (Å²) in [5.74, 6) is -0.379. The number of nitrogens with two attached hydrogens (primary N) is 1. The molecule has 0 fully saturated rings. The predicted molar refractivity (Wildman–Crippen MR) is 110 cm³/mol. The first-order chi connectivity index (χ1) is 14.4. The summed E-state index contributed by atoms with van der Waals surface area (Å²) in [7, 11) is 3.89. The van der Waals surface area contributed by atoms with Crippen molar-refractivity contribution in [2.75, 3.05) is 44.9 Å². The molecule has 3 aromatic heterocycles. The van der Waals surface area contributed by atoms with Gasteiger partial charge >= 0.3 is 5.97 Å². The van der Waals surface area contributed by atoms with Gasteiger partial charge in [0.2, 0.25) is 5.88 Å². The molecule has 0 saturated heterocycles. The highest BCUT2D eigenvalue weighted by molar-refractivity contribution is 6.08. The van der Waals surface area contributed by atoms with Crippen LogP contribution >= 0.6 is 0 Å². The number of H-pyrrole nitrogens is 1. The average Bonchev–Trinajstić information content (AvgIpc) is 3.09. The molecule has 158 valence electrons. The smallest absolute Gasteiger partial charge is 0.341 e. The Morgan fingerprint density at radius 2 is 2.10 bits per heavy atom. The van der Waals surface area contributed by atoms with Crippen molar-refractivity contribution in [1.29, 1.82) is 0 Å². The lowest BCUT2D eigenvalue weighted by Gasteiger charge is -2.10. The number of anilines is 2. The SMILES string of the molecule is CCOC(=O)c1cc2c(NC(=O)c3ccc(OCCN(C)C)nc3)n[nH]c2nc1N. The lowest BCUT2D eigenvalue weighted by molar-refractivity contribution is 0.0527. The number of likely N-dealkylation sites (N-methyl/N-ethyl adjacent to an activating group) is 1. The van der Waals surface area contributed by atoms with E-state index in [0.717, 1.165) is 6.54 Å². The first-order valence-corrected chi connectivity index (χ1v) is 9.25. The Hall–Kier alpha value is -3.73. The van der Waals surface area contributed by atoms with Crippen molar-refractivity contribution in [2.45, 2.75) is 6.92 Å². The lowest BCUT2D eigenvalue weighted by Crippen LogP contribution is -2.19. The monoisotopic (exact) mass is 413 g/mol. The first kappa shape index (κ1) is 21.0. The van der Waals surface area contributed by atoms with E-state index in [0.29, 0.717) is 29.1 Å². The first-order valence-electron chi connectivity index (χ1n) is 9.25. The van der Waals surface area contributed by atoms with Crippen molar-refractivity contribution in [1.82, 2.24) is 25.1 Å². The molecule has 0 bridgehead atoms. The van der Waals surface area contributed by atoms with E-state index in [2.05, 4.69) is 25.5 Å². The second kappa shape index (κ2) is 9.18. The third kappa shape index (κ3) is 4.81. The maximum Gasteiger partial charge on any atom is 0.341 e. The Labute approximate surface area is 172 Å². The number of amides is 1. The highest BCUT2D eigenvalue weighted by atomic mass is 16.5. The fraction of sp³-hybridized carbons (Fsp3) is 0.316. The molecular formula is C19H23N7O4. The van der Waals surface area contributed by atoms with Crippen LogP contribution in [0.4, 0.5) is 11.6 Å². The number of carbonyl (C=O) groups excluding carboxylic acids is 2. The minimum Gasteiger partial charge on any atom is -0.476 e. The second-order valence-corrected chi connectivity index (χ2v) is 6.60. The fourth-order valence-electron chi connectivity index (χ4n) is 2.54. The largest absolute Gasteiger partial charge is 0.476 e. The number of esters is 1. The van der Waals surface area contributed by atoms with Crippen LogP contribution in [0.25, 0.3) is 11.0 Å². The highest BCUT2D eigenvalue weighted by Gasteiger charge is 2.18. The molecule has 1 amide bonds. The molecular weight excluding hydrogens is 390 g/mol. The summed E-state index contributed by atoms with van der Waals surface area (Å²) in [6, 6.07) is 4.70. The number of carbonyl (C=O) groups is 2. The van der Waals surface area contributed by atoms with Crippen LogP contribution in [0.3, 0.4) is 0 Å². The number of hydrogen-bond acceptors (Lipinski definition) is 9. The van der Waals surface area contributed by atoms with Crippen LogP contribution in [0.2, 0.25) is 0 Å². The Balaban J connectivity index is 1.74. The Bertz CT molecular complexity index is 1050. The number of nitrogens with one attached hydrogen (secondary N) is 2. The van der Waals surface area contributed by atoms with E-state index in [-0.39, 0.29) is 23.8 Å². The molecule has 0 atom stereocenters. The summed E-state index contributed by atoms with van der Waals surface area (Å²) >= 11 is 0. The van der Waals surface area contributed by atoms with Crippen LogP contribution < -0.4 is 15.8 Å². The van der Waals surface area contributed by atoms with E-state index in [1.54, 1.807) is 19.1 Å². The van der Waals surface area contributed by atoms with Gasteiger partial charge in [0, 0.05) is 18.8 Å². The van der Waals surface area contributed by atoms with Crippen molar-refractivity contribution in [2.24, 2.45) is 0 Å². The molecule has 0 aromatic carbocycles. The van der Waals surface area contributed by atoms with Gasteiger partial charge in [-0.15, -0.1) is 0 Å². The number of aromatic amines is 1. The van der Waals surface area contributed by atoms with Gasteiger partial charge in [-0.25, -0.2) is 14.8 Å². The third-order valence-electron chi connectivity index (χ3n) is 4.09. The molecule has 0 spiro atoms. The second-order valence-electron chi connectivity index (χ2n) is 6.60. The quantitative estimate of drug-likeness (QED) is 0.465. The molecule has 3 heterocycles. The number of hydrogen-bond donors (Lipinski definition) is 3. The standard InChI is InChI=1S/C19H23N7O4/c1-4-29-19(28)12-9-13-16(22-15(12)20)24-25-17(13)23-18(27)11-5-6-14(21-10-11)30-8-7-26(2)3/h5-6,9-10H,4,7-8H2,1-3H3,(H4,20,22,23,24,25,27). The maximum absolute atomic E-state index is 12.6. The fourth-order valence-corrected chi connectivity index (χ4v) is 2.54. The van der Waals surface area contributed by atoms with Crippen molar-refractivity contribution in [3.8, 4) is 5.88 Å². The van der Waals surface area contributed by atoms with Gasteiger partial charge in [-0.05, 0) is 33.2 Å². The van der Waals surface area contributed by atoms with Gasteiger partial charge < -0.3 is 25.4 Å². The van der Waals surface area contributed by atoms with Gasteiger partial charge in [-0.3, -0.25) is 9.89 Å². The van der Waals surface area contributed by atoms with Gasteiger partial charge in [-0.1, -0.05) is 0 Å². The van der Waals surface area contributed by atoms with E-state index in [1.165, 1.54) is 12.3 Å². The van der Waals surface area contributed by atoms with E-state index in [4.69, 9.17) is 15.2 Å². The van der Waals surface area contributed by atoms with Crippen molar-refractivity contribution < 1.29 is 19.1 Å². The highest BCUT2D eigenvalue weighted by Crippen LogP contribution is 2.24. The van der Waals surface area contributed by atoms with E-state index in [1.807, 2.05) is 19.0 Å². The lowest BCUT2D eigenvalue weighted by atomic mass is 10.2. The number of nitrogens with zero attached hydrogens (tertiary/aromatic N) is 4. The molecule has 0 unspecified atom stereocenters. The van der Waals surface area contributed by atoms with Crippen molar-refractivity contribution in [3.63, 3.8) is 0 Å². The maximum atomic E-state index is 12.6. The zero-order chi connectivity index (χ0) is 21.7. The van der Waals surface area contributed by atoms with Gasteiger partial charge in [0.15, 0.2) is 11.5 Å². The summed E-state index contributed by atoms with van der Waals surface area (Å²) in [5.41, 5.74) is 6.57. The summed E-state index contributed by atoms with van der Waals surface area (Å²) in [4.78, 5) is 34.9. The van der Waals surface area contributed by atoms with Gasteiger partial charge in [0.1, 0.15) is 18.0 Å². The number of ether oxygens (including phenoxy) is 2. The van der Waals surface area contributed by atoms with Crippen LogP contribution in [0, 0.1) is 0 Å². The molecule has 0 aliphatic carbocycles. The Kier molecular flexibility index (Phi) is 6.42. The number of aromatic nitrogens is 4. The molecule has 3 rings (SSSR count).